The zero-order valence-electron chi connectivity index (χ0n) is 10.8. The van der Waals surface area contributed by atoms with Crippen molar-refractivity contribution in [2.45, 2.75) is 6.92 Å². The van der Waals surface area contributed by atoms with E-state index in [9.17, 15) is 10.1 Å². The highest BCUT2D eigenvalue weighted by atomic mass is 16.5. The normalized spacial score (nSPS) is 10.6. The van der Waals surface area contributed by atoms with Gasteiger partial charge in [0.1, 0.15) is 11.6 Å². The molecule has 0 saturated heterocycles. The molecule has 0 aliphatic carbocycles. The lowest BCUT2D eigenvalue weighted by atomic mass is 10.1. The molecular weight excluding hydrogens is 254 g/mol. The van der Waals surface area contributed by atoms with Gasteiger partial charge in [0.15, 0.2) is 5.65 Å². The molecule has 98 valence electrons. The maximum Gasteiger partial charge on any atom is 0.339 e. The lowest BCUT2D eigenvalue weighted by Gasteiger charge is -2.05. The fourth-order valence-corrected chi connectivity index (χ4v) is 2.21. The minimum absolute atomic E-state index is 0.238. The Balaban J connectivity index is 2.34. The number of imidazole rings is 1. The van der Waals surface area contributed by atoms with E-state index in [0.717, 1.165) is 11.0 Å². The number of nitriles is 1. The van der Waals surface area contributed by atoms with Crippen molar-refractivity contribution in [3.8, 4) is 6.07 Å². The maximum absolute atomic E-state index is 11.9. The monoisotopic (exact) mass is 265 g/mol. The Bertz CT molecular complexity index is 859. The summed E-state index contributed by atoms with van der Waals surface area (Å²) in [7, 11) is 0. The Morgan fingerprint density at radius 3 is 2.95 bits per heavy atom. The van der Waals surface area contributed by atoms with Crippen molar-refractivity contribution in [1.82, 2.24) is 9.38 Å². The fraction of sp³-hybridized carbons (Fsp3) is 0.133. The first-order valence-electron chi connectivity index (χ1n) is 6.23. The van der Waals surface area contributed by atoms with E-state index in [4.69, 9.17) is 4.74 Å². The van der Waals surface area contributed by atoms with Crippen molar-refractivity contribution in [2.75, 3.05) is 6.61 Å². The van der Waals surface area contributed by atoms with Gasteiger partial charge in [-0.05, 0) is 25.1 Å². The summed E-state index contributed by atoms with van der Waals surface area (Å²) in [4.78, 5) is 16.3. The van der Waals surface area contributed by atoms with Crippen LogP contribution < -0.4 is 0 Å². The molecule has 0 fully saturated rings. The van der Waals surface area contributed by atoms with Gasteiger partial charge in [-0.2, -0.15) is 5.26 Å². The molecule has 0 amide bonds. The highest BCUT2D eigenvalue weighted by molar-refractivity contribution is 5.95. The Morgan fingerprint density at radius 1 is 1.40 bits per heavy atom. The van der Waals surface area contributed by atoms with Gasteiger partial charge in [-0.1, -0.05) is 12.1 Å². The number of carbonyl (C=O) groups excluding carboxylic acids is 1. The van der Waals surface area contributed by atoms with Crippen LogP contribution in [-0.2, 0) is 4.74 Å². The van der Waals surface area contributed by atoms with Crippen LogP contribution in [0.25, 0.3) is 16.7 Å². The molecule has 5 nitrogen and oxygen atoms in total. The van der Waals surface area contributed by atoms with Crippen molar-refractivity contribution in [3.63, 3.8) is 0 Å². The molecule has 3 rings (SSSR count). The number of aromatic nitrogens is 2. The molecule has 2 heterocycles. The van der Waals surface area contributed by atoms with Gasteiger partial charge >= 0.3 is 5.97 Å². The Hall–Kier alpha value is -2.87. The number of pyridine rings is 1. The average Bonchev–Trinajstić information content (AvgIpc) is 2.85. The molecule has 3 aromatic rings. The van der Waals surface area contributed by atoms with Crippen LogP contribution in [0.15, 0.2) is 36.5 Å². The van der Waals surface area contributed by atoms with E-state index in [-0.39, 0.29) is 17.7 Å². The van der Waals surface area contributed by atoms with Crippen LogP contribution in [-0.4, -0.2) is 22.0 Å². The summed E-state index contributed by atoms with van der Waals surface area (Å²) in [5.41, 5.74) is 2.64. The zero-order chi connectivity index (χ0) is 14.1. The third-order valence-electron chi connectivity index (χ3n) is 3.09. The number of benzene rings is 1. The van der Waals surface area contributed by atoms with Crippen molar-refractivity contribution >= 4 is 22.6 Å². The molecule has 0 atom stereocenters. The molecule has 0 bridgehead atoms. The van der Waals surface area contributed by atoms with Crippen LogP contribution in [0.4, 0.5) is 0 Å². The summed E-state index contributed by atoms with van der Waals surface area (Å²) >= 11 is 0. The first-order valence-corrected chi connectivity index (χ1v) is 6.23. The van der Waals surface area contributed by atoms with Gasteiger partial charge < -0.3 is 4.74 Å². The summed E-state index contributed by atoms with van der Waals surface area (Å²) < 4.78 is 6.77. The first-order chi connectivity index (χ1) is 9.76. The Kier molecular flexibility index (Phi) is 2.84. The molecular formula is C15H11N3O2. The number of fused-ring (bicyclic) bond motifs is 3. The van der Waals surface area contributed by atoms with E-state index < -0.39 is 5.97 Å². The lowest BCUT2D eigenvalue weighted by Crippen LogP contribution is -2.08. The first kappa shape index (κ1) is 12.2. The predicted octanol–water partition coefficient (Wildman–Crippen LogP) is 2.54. The second-order valence-electron chi connectivity index (χ2n) is 4.23. The molecule has 0 radical (unpaired) electrons. The molecule has 2 aromatic heterocycles. The highest BCUT2D eigenvalue weighted by Gasteiger charge is 2.18. The number of para-hydroxylation sites is 2. The predicted molar refractivity (Wildman–Crippen MR) is 73.4 cm³/mol. The van der Waals surface area contributed by atoms with E-state index in [1.807, 2.05) is 24.3 Å². The maximum atomic E-state index is 11.9. The third-order valence-corrected chi connectivity index (χ3v) is 3.09. The third kappa shape index (κ3) is 1.70. The number of nitrogens with zero attached hydrogens (tertiary/aromatic N) is 3. The van der Waals surface area contributed by atoms with E-state index >= 15 is 0 Å². The van der Waals surface area contributed by atoms with Gasteiger partial charge in [-0.25, -0.2) is 9.78 Å². The van der Waals surface area contributed by atoms with Crippen LogP contribution >= 0.6 is 0 Å². The molecule has 0 aliphatic heterocycles. The summed E-state index contributed by atoms with van der Waals surface area (Å²) in [6.45, 7) is 2.00. The average molecular weight is 265 g/mol. The number of hydrogen-bond acceptors (Lipinski definition) is 4. The second-order valence-corrected chi connectivity index (χ2v) is 4.23. The zero-order valence-corrected chi connectivity index (χ0v) is 10.8. The van der Waals surface area contributed by atoms with E-state index in [1.54, 1.807) is 23.6 Å². The second kappa shape index (κ2) is 4.67. The number of esters is 1. The number of carbonyl (C=O) groups is 1. The van der Waals surface area contributed by atoms with Gasteiger partial charge in [0.25, 0.3) is 0 Å². The lowest BCUT2D eigenvalue weighted by molar-refractivity contribution is 0.0526. The van der Waals surface area contributed by atoms with Crippen LogP contribution in [0.3, 0.4) is 0 Å². The Morgan fingerprint density at radius 2 is 2.20 bits per heavy atom. The SMILES string of the molecule is CCOC(=O)c1ccn2c(nc3ccccc32)c1C#N. The number of rotatable bonds is 2. The van der Waals surface area contributed by atoms with E-state index in [0.29, 0.717) is 5.65 Å². The molecule has 1 aromatic carbocycles. The fourth-order valence-electron chi connectivity index (χ4n) is 2.21. The quantitative estimate of drug-likeness (QED) is 0.668. The number of hydrogen-bond donors (Lipinski definition) is 0. The van der Waals surface area contributed by atoms with Crippen LogP contribution in [0.2, 0.25) is 0 Å². The van der Waals surface area contributed by atoms with Crippen molar-refractivity contribution in [2.24, 2.45) is 0 Å². The van der Waals surface area contributed by atoms with Crippen molar-refractivity contribution < 1.29 is 9.53 Å². The van der Waals surface area contributed by atoms with Crippen LogP contribution in [0.1, 0.15) is 22.8 Å². The molecule has 5 heteroatoms. The van der Waals surface area contributed by atoms with Gasteiger partial charge in [0, 0.05) is 6.20 Å². The minimum Gasteiger partial charge on any atom is -0.462 e. The molecule has 0 unspecified atom stereocenters. The topological polar surface area (TPSA) is 67.4 Å². The standard InChI is InChI=1S/C15H11N3O2/c1-2-20-15(19)10-7-8-18-13-6-4-3-5-12(13)17-14(18)11(10)9-16/h3-8H,2H2,1H3. The molecule has 0 aliphatic rings. The summed E-state index contributed by atoms with van der Waals surface area (Å²) in [6.07, 6.45) is 1.73. The van der Waals surface area contributed by atoms with Crippen LogP contribution in [0.5, 0.6) is 0 Å². The molecule has 0 spiro atoms. The highest BCUT2D eigenvalue weighted by Crippen LogP contribution is 2.21. The van der Waals surface area contributed by atoms with Gasteiger partial charge in [0.2, 0.25) is 0 Å². The summed E-state index contributed by atoms with van der Waals surface area (Å²) in [5.74, 6) is -0.501. The largest absolute Gasteiger partial charge is 0.462 e. The molecule has 0 saturated carbocycles. The summed E-state index contributed by atoms with van der Waals surface area (Å²) in [6, 6.07) is 11.2. The Labute approximate surface area is 115 Å². The molecule has 0 N–H and O–H groups in total. The van der Waals surface area contributed by atoms with Crippen molar-refractivity contribution in [1.29, 1.82) is 5.26 Å². The molecule has 20 heavy (non-hydrogen) atoms. The number of ether oxygens (including phenoxy) is 1. The van der Waals surface area contributed by atoms with Crippen LogP contribution in [0, 0.1) is 11.3 Å². The smallest absolute Gasteiger partial charge is 0.339 e. The van der Waals surface area contributed by atoms with Gasteiger partial charge in [-0.3, -0.25) is 4.40 Å². The van der Waals surface area contributed by atoms with Gasteiger partial charge in [0.05, 0.1) is 23.2 Å². The minimum atomic E-state index is -0.501. The van der Waals surface area contributed by atoms with E-state index in [1.165, 1.54) is 0 Å². The summed E-state index contributed by atoms with van der Waals surface area (Å²) in [5, 5.41) is 9.35. The van der Waals surface area contributed by atoms with Gasteiger partial charge in [-0.15, -0.1) is 0 Å². The van der Waals surface area contributed by atoms with E-state index in [2.05, 4.69) is 11.1 Å². The van der Waals surface area contributed by atoms with Crippen molar-refractivity contribution in [3.05, 3.63) is 47.7 Å².